The predicted octanol–water partition coefficient (Wildman–Crippen LogP) is 8.44. The van der Waals surface area contributed by atoms with Crippen LogP contribution >= 0.6 is 22.9 Å². The fraction of sp³-hybridized carbons (Fsp3) is 0.162. The summed E-state index contributed by atoms with van der Waals surface area (Å²) in [4.78, 5) is 48.1. The molecule has 0 radical (unpaired) electrons. The SMILES string of the molecule is O=C(c1ccc(Cl)cc1)c1c(N2C(=O)c3ccccc3C2=O)sc(-c2ccccc2)c1CN1CCN(c2ccc(C(F)(F)F)cc2)CC1. The molecule has 5 aromatic rings. The lowest BCUT2D eigenvalue weighted by atomic mass is 9.97. The molecule has 242 valence electrons. The number of benzene rings is 4. The summed E-state index contributed by atoms with van der Waals surface area (Å²) in [7, 11) is 0. The molecule has 0 saturated carbocycles. The van der Waals surface area contributed by atoms with Crippen molar-refractivity contribution in [2.45, 2.75) is 12.7 Å². The van der Waals surface area contributed by atoms with Crippen molar-refractivity contribution in [1.29, 1.82) is 0 Å². The number of hydrogen-bond donors (Lipinski definition) is 0. The first-order valence-corrected chi connectivity index (χ1v) is 16.4. The third kappa shape index (κ3) is 5.91. The van der Waals surface area contributed by atoms with E-state index in [1.165, 1.54) is 23.5 Å². The number of nitrogens with zero attached hydrogens (tertiary/aromatic N) is 3. The zero-order valence-electron chi connectivity index (χ0n) is 25.3. The van der Waals surface area contributed by atoms with Crippen molar-refractivity contribution in [2.24, 2.45) is 0 Å². The second kappa shape index (κ2) is 12.7. The van der Waals surface area contributed by atoms with Gasteiger partial charge in [0.2, 0.25) is 0 Å². The third-order valence-corrected chi connectivity index (χ3v) is 10.2. The van der Waals surface area contributed by atoms with Gasteiger partial charge >= 0.3 is 6.18 Å². The van der Waals surface area contributed by atoms with Crippen LogP contribution in [0.15, 0.2) is 103 Å². The molecule has 0 bridgehead atoms. The van der Waals surface area contributed by atoms with Crippen molar-refractivity contribution >= 4 is 51.2 Å². The van der Waals surface area contributed by atoms with Crippen LogP contribution in [0, 0.1) is 0 Å². The average molecular weight is 686 g/mol. The summed E-state index contributed by atoms with van der Waals surface area (Å²) < 4.78 is 39.3. The normalized spacial score (nSPS) is 15.2. The molecule has 6 nitrogen and oxygen atoms in total. The molecule has 1 aromatic heterocycles. The van der Waals surface area contributed by atoms with Gasteiger partial charge in [-0.1, -0.05) is 54.1 Å². The number of hydrogen-bond acceptors (Lipinski definition) is 6. The number of carbonyl (C=O) groups excluding carboxylic acids is 3. The number of fused-ring (bicyclic) bond motifs is 1. The van der Waals surface area contributed by atoms with Crippen LogP contribution in [0.4, 0.5) is 23.9 Å². The van der Waals surface area contributed by atoms with Gasteiger partial charge in [-0.2, -0.15) is 13.2 Å². The van der Waals surface area contributed by atoms with Gasteiger partial charge in [0, 0.05) is 53.9 Å². The monoisotopic (exact) mass is 685 g/mol. The average Bonchev–Trinajstić information content (AvgIpc) is 3.58. The maximum absolute atomic E-state index is 14.5. The van der Waals surface area contributed by atoms with Crippen molar-refractivity contribution in [2.75, 3.05) is 36.0 Å². The summed E-state index contributed by atoms with van der Waals surface area (Å²) in [6, 6.07) is 27.8. The topological polar surface area (TPSA) is 60.9 Å². The van der Waals surface area contributed by atoms with Crippen LogP contribution in [0.2, 0.25) is 5.02 Å². The van der Waals surface area contributed by atoms with Gasteiger partial charge in [0.1, 0.15) is 5.00 Å². The number of carbonyl (C=O) groups is 3. The summed E-state index contributed by atoms with van der Waals surface area (Å²) in [6.45, 7) is 2.60. The maximum atomic E-state index is 14.5. The van der Waals surface area contributed by atoms with Crippen molar-refractivity contribution in [3.63, 3.8) is 0 Å². The Bertz CT molecular complexity index is 1990. The van der Waals surface area contributed by atoms with Crippen LogP contribution < -0.4 is 9.80 Å². The molecule has 2 amide bonds. The van der Waals surface area contributed by atoms with Crippen LogP contribution in [0.3, 0.4) is 0 Å². The van der Waals surface area contributed by atoms with Gasteiger partial charge in [0.05, 0.1) is 22.3 Å². The first-order chi connectivity index (χ1) is 23.1. The molecule has 4 aromatic carbocycles. The number of imide groups is 1. The Morgan fingerprint density at radius 2 is 1.33 bits per heavy atom. The molecule has 0 aliphatic carbocycles. The number of ketones is 1. The summed E-state index contributed by atoms with van der Waals surface area (Å²) in [5.41, 5.74) is 2.75. The molecule has 7 rings (SSSR count). The van der Waals surface area contributed by atoms with E-state index in [-0.39, 0.29) is 27.5 Å². The number of anilines is 2. The van der Waals surface area contributed by atoms with Crippen molar-refractivity contribution in [1.82, 2.24) is 4.90 Å². The van der Waals surface area contributed by atoms with Gasteiger partial charge in [-0.3, -0.25) is 19.3 Å². The highest BCUT2D eigenvalue weighted by Crippen LogP contribution is 2.46. The Balaban J connectivity index is 1.28. The zero-order chi connectivity index (χ0) is 33.6. The summed E-state index contributed by atoms with van der Waals surface area (Å²) in [5, 5.41) is 0.729. The largest absolute Gasteiger partial charge is 0.416 e. The van der Waals surface area contributed by atoms with E-state index in [0.29, 0.717) is 54.6 Å². The van der Waals surface area contributed by atoms with Gasteiger partial charge < -0.3 is 4.90 Å². The number of amides is 2. The van der Waals surface area contributed by atoms with Crippen LogP contribution in [-0.2, 0) is 12.7 Å². The lowest BCUT2D eigenvalue weighted by molar-refractivity contribution is -0.137. The standard InChI is InChI=1S/C37H27ClF3N3O3S/c38-26-14-10-23(11-15-26)32(45)31-30(22-42-18-20-43(21-19-42)27-16-12-25(13-17-27)37(39,40)41)33(24-6-2-1-3-7-24)48-36(31)44-34(46)28-8-4-5-9-29(28)35(44)47/h1-17H,18-22H2. The summed E-state index contributed by atoms with van der Waals surface area (Å²) >= 11 is 7.39. The molecule has 2 aliphatic rings. The first kappa shape index (κ1) is 31.8. The lowest BCUT2D eigenvalue weighted by Crippen LogP contribution is -2.46. The Labute approximate surface area is 283 Å². The van der Waals surface area contributed by atoms with E-state index in [1.54, 1.807) is 48.5 Å². The fourth-order valence-corrected chi connectivity index (χ4v) is 7.62. The summed E-state index contributed by atoms with van der Waals surface area (Å²) in [5.74, 6) is -1.31. The van der Waals surface area contributed by atoms with E-state index in [1.807, 2.05) is 35.2 Å². The number of alkyl halides is 3. The van der Waals surface area contributed by atoms with Gasteiger partial charge in [-0.25, -0.2) is 4.90 Å². The predicted molar refractivity (Wildman–Crippen MR) is 181 cm³/mol. The first-order valence-electron chi connectivity index (χ1n) is 15.2. The fourth-order valence-electron chi connectivity index (χ4n) is 6.19. The van der Waals surface area contributed by atoms with Crippen LogP contribution in [0.25, 0.3) is 10.4 Å². The Morgan fingerprint density at radius 3 is 1.92 bits per heavy atom. The molecule has 0 N–H and O–H groups in total. The van der Waals surface area contributed by atoms with Crippen LogP contribution in [0.1, 0.15) is 47.8 Å². The van der Waals surface area contributed by atoms with Gasteiger partial charge in [-0.05, 0) is 71.8 Å². The minimum Gasteiger partial charge on any atom is -0.369 e. The molecular weight excluding hydrogens is 659 g/mol. The van der Waals surface area contributed by atoms with Gasteiger partial charge in [-0.15, -0.1) is 11.3 Å². The molecule has 0 unspecified atom stereocenters. The minimum absolute atomic E-state index is 0.262. The highest BCUT2D eigenvalue weighted by molar-refractivity contribution is 7.20. The molecule has 0 atom stereocenters. The third-order valence-electron chi connectivity index (χ3n) is 8.67. The van der Waals surface area contributed by atoms with Crippen molar-refractivity contribution < 1.29 is 27.6 Å². The molecular formula is C37H27ClF3N3O3S. The van der Waals surface area contributed by atoms with E-state index in [9.17, 15) is 27.6 Å². The van der Waals surface area contributed by atoms with Crippen LogP contribution in [-0.4, -0.2) is 48.7 Å². The highest BCUT2D eigenvalue weighted by Gasteiger charge is 2.41. The Morgan fingerprint density at radius 1 is 0.750 bits per heavy atom. The van der Waals surface area contributed by atoms with E-state index in [2.05, 4.69) is 4.90 Å². The molecule has 11 heteroatoms. The second-order valence-electron chi connectivity index (χ2n) is 11.6. The second-order valence-corrected chi connectivity index (χ2v) is 13.0. The number of piperazine rings is 1. The number of rotatable bonds is 7. The Kier molecular flexibility index (Phi) is 8.41. The molecule has 0 spiro atoms. The lowest BCUT2D eigenvalue weighted by Gasteiger charge is -2.36. The molecule has 1 saturated heterocycles. The zero-order valence-corrected chi connectivity index (χ0v) is 26.9. The van der Waals surface area contributed by atoms with E-state index >= 15 is 0 Å². The van der Waals surface area contributed by atoms with Gasteiger partial charge in [0.15, 0.2) is 5.78 Å². The summed E-state index contributed by atoms with van der Waals surface area (Å²) in [6.07, 6.45) is -4.40. The molecule has 1 fully saturated rings. The molecule has 2 aliphatic heterocycles. The minimum atomic E-state index is -4.40. The van der Waals surface area contributed by atoms with Crippen molar-refractivity contribution in [3.05, 3.63) is 142 Å². The molecule has 48 heavy (non-hydrogen) atoms. The quantitative estimate of drug-likeness (QED) is 0.127. The number of thiophene rings is 1. The number of halogens is 4. The molecule has 3 heterocycles. The van der Waals surface area contributed by atoms with Crippen LogP contribution in [0.5, 0.6) is 0 Å². The Hall–Kier alpha value is -4.77. The van der Waals surface area contributed by atoms with Gasteiger partial charge in [0.25, 0.3) is 11.8 Å². The smallest absolute Gasteiger partial charge is 0.369 e. The highest BCUT2D eigenvalue weighted by atomic mass is 35.5. The van der Waals surface area contributed by atoms with E-state index in [4.69, 9.17) is 11.6 Å². The maximum Gasteiger partial charge on any atom is 0.416 e. The van der Waals surface area contributed by atoms with E-state index < -0.39 is 23.6 Å². The van der Waals surface area contributed by atoms with E-state index in [0.717, 1.165) is 27.5 Å². The van der Waals surface area contributed by atoms with Crippen molar-refractivity contribution in [3.8, 4) is 10.4 Å².